The first-order chi connectivity index (χ1) is 15.3. The molecule has 0 aromatic carbocycles. The molecule has 2 rings (SSSR count). The summed E-state index contributed by atoms with van der Waals surface area (Å²) < 4.78 is 7.33. The number of carbonyl (C=O) groups is 1. The molecule has 33 heavy (non-hydrogen) atoms. The summed E-state index contributed by atoms with van der Waals surface area (Å²) in [4.78, 5) is 42.1. The highest BCUT2D eigenvalue weighted by Crippen LogP contribution is 2.26. The number of fused-ring (bicyclic) bond motifs is 1. The first kappa shape index (κ1) is 29.0. The lowest BCUT2D eigenvalue weighted by molar-refractivity contribution is -0.151. The summed E-state index contributed by atoms with van der Waals surface area (Å²) in [7, 11) is 3.13. The number of imidazole rings is 1. The topological polar surface area (TPSA) is 99.0 Å². The van der Waals surface area contributed by atoms with E-state index in [1.54, 1.807) is 18.8 Å². The number of nitrogens with one attached hydrogen (secondary N) is 1. The average Bonchev–Trinajstić information content (AvgIpc) is 3.15. The number of ether oxygens (including phenoxy) is 1. The summed E-state index contributed by atoms with van der Waals surface area (Å²) in [6, 6.07) is 0. The van der Waals surface area contributed by atoms with Crippen LogP contribution in [-0.2, 0) is 23.6 Å². The summed E-state index contributed by atoms with van der Waals surface area (Å²) in [5.74, 6) is 2.19. The molecule has 0 bridgehead atoms. The Morgan fingerprint density at radius 1 is 1.12 bits per heavy atom. The molecule has 2 aromatic rings. The van der Waals surface area contributed by atoms with Crippen LogP contribution in [0.4, 0.5) is 0 Å². The molecule has 0 spiro atoms. The molecule has 0 radical (unpaired) electrons. The van der Waals surface area contributed by atoms with Crippen molar-refractivity contribution in [1.82, 2.24) is 19.1 Å². The van der Waals surface area contributed by atoms with Crippen molar-refractivity contribution in [3.63, 3.8) is 0 Å². The number of hydrogen-bond acceptors (Lipinski definition) is 6. The fourth-order valence-electron chi connectivity index (χ4n) is 3.44. The van der Waals surface area contributed by atoms with Gasteiger partial charge in [0.1, 0.15) is 5.60 Å². The van der Waals surface area contributed by atoms with Crippen LogP contribution in [0.5, 0.6) is 0 Å². The Balaban J connectivity index is 0.000000582. The van der Waals surface area contributed by atoms with Crippen molar-refractivity contribution in [2.24, 2.45) is 25.9 Å². The van der Waals surface area contributed by atoms with E-state index in [0.717, 1.165) is 21.4 Å². The lowest BCUT2D eigenvalue weighted by Gasteiger charge is -2.17. The Bertz CT molecular complexity index is 1020. The Labute approximate surface area is 201 Å². The minimum Gasteiger partial charge on any atom is -0.460 e. The second-order valence-electron chi connectivity index (χ2n) is 9.71. The van der Waals surface area contributed by atoms with Crippen LogP contribution >= 0.6 is 11.8 Å². The van der Waals surface area contributed by atoms with Crippen molar-refractivity contribution in [2.75, 3.05) is 5.75 Å². The van der Waals surface area contributed by atoms with Gasteiger partial charge < -0.3 is 9.72 Å². The monoisotopic (exact) mass is 482 g/mol. The van der Waals surface area contributed by atoms with Crippen LogP contribution in [0.2, 0.25) is 0 Å². The van der Waals surface area contributed by atoms with Gasteiger partial charge in [-0.15, -0.1) is 0 Å². The second-order valence-corrected chi connectivity index (χ2v) is 10.7. The molecule has 188 valence electrons. The molecule has 2 unspecified atom stereocenters. The number of aromatic amines is 1. The molecular formula is C24H42N4O4S. The fraction of sp³-hybridized carbons (Fsp3) is 0.750. The third kappa shape index (κ3) is 9.39. The van der Waals surface area contributed by atoms with Gasteiger partial charge in [0.25, 0.3) is 5.56 Å². The predicted molar refractivity (Wildman–Crippen MR) is 136 cm³/mol. The first-order valence-electron chi connectivity index (χ1n) is 11.8. The van der Waals surface area contributed by atoms with Crippen molar-refractivity contribution < 1.29 is 9.53 Å². The smallest absolute Gasteiger partial charge is 0.332 e. The highest BCUT2D eigenvalue weighted by Gasteiger charge is 2.16. The Kier molecular flexibility index (Phi) is 11.4. The van der Waals surface area contributed by atoms with Gasteiger partial charge in [0.05, 0.1) is 0 Å². The summed E-state index contributed by atoms with van der Waals surface area (Å²) in [6.45, 7) is 13.7. The normalized spacial score (nSPS) is 13.4. The van der Waals surface area contributed by atoms with E-state index in [1.165, 1.54) is 50.6 Å². The molecule has 2 heterocycles. The van der Waals surface area contributed by atoms with Gasteiger partial charge in [-0.3, -0.25) is 18.7 Å². The van der Waals surface area contributed by atoms with Crippen molar-refractivity contribution in [1.29, 1.82) is 0 Å². The second kappa shape index (κ2) is 13.0. The van der Waals surface area contributed by atoms with E-state index in [-0.39, 0.29) is 22.8 Å². The molecule has 9 heteroatoms. The number of aromatic nitrogens is 4. The molecule has 8 nitrogen and oxygen atoms in total. The van der Waals surface area contributed by atoms with Crippen LogP contribution in [0.1, 0.15) is 80.6 Å². The zero-order valence-corrected chi connectivity index (χ0v) is 22.6. The Morgan fingerprint density at radius 3 is 2.24 bits per heavy atom. The Morgan fingerprint density at radius 2 is 1.76 bits per heavy atom. The number of aryl methyl sites for hydroxylation is 1. The number of nitrogens with zero attached hydrogens (tertiary/aromatic N) is 3. The van der Waals surface area contributed by atoms with Crippen LogP contribution in [0, 0.1) is 11.8 Å². The summed E-state index contributed by atoms with van der Waals surface area (Å²) in [6.07, 6.45) is 6.12. The standard InChI is InChI=1S/C18H30N4O2S.C6H12O2/c1-6-8-13(10-9-12(3)7-2)11-25-17-19-14-15(20-17)21(4)18(24)22(5)16(14)23;1-5(7)8-6(2,3)4/h12-13H,6-11H2,1-5H3,(H,19,20);1-4H3. The fourth-order valence-corrected chi connectivity index (χ4v) is 4.50. The van der Waals surface area contributed by atoms with Crippen molar-refractivity contribution in [3.05, 3.63) is 20.8 Å². The van der Waals surface area contributed by atoms with Gasteiger partial charge in [-0.05, 0) is 45.4 Å². The Hall–Kier alpha value is -2.03. The number of H-pyrrole nitrogens is 1. The highest BCUT2D eigenvalue weighted by atomic mass is 32.2. The highest BCUT2D eigenvalue weighted by molar-refractivity contribution is 7.99. The van der Waals surface area contributed by atoms with Crippen LogP contribution in [0.3, 0.4) is 0 Å². The lowest BCUT2D eigenvalue weighted by atomic mass is 9.94. The minimum absolute atomic E-state index is 0.225. The van der Waals surface area contributed by atoms with Gasteiger partial charge in [0.15, 0.2) is 16.3 Å². The summed E-state index contributed by atoms with van der Waals surface area (Å²) >= 11 is 1.65. The van der Waals surface area contributed by atoms with E-state index < -0.39 is 0 Å². The van der Waals surface area contributed by atoms with Crippen LogP contribution in [-0.4, -0.2) is 36.4 Å². The number of thioether (sulfide) groups is 1. The molecule has 0 fully saturated rings. The molecule has 0 aliphatic rings. The maximum Gasteiger partial charge on any atom is 0.332 e. The zero-order chi connectivity index (χ0) is 25.3. The van der Waals surface area contributed by atoms with Gasteiger partial charge in [-0.25, -0.2) is 9.78 Å². The quantitative estimate of drug-likeness (QED) is 0.413. The maximum atomic E-state index is 12.2. The maximum absolute atomic E-state index is 12.2. The van der Waals surface area contributed by atoms with Crippen molar-refractivity contribution in [3.8, 4) is 0 Å². The van der Waals surface area contributed by atoms with Crippen LogP contribution in [0.15, 0.2) is 14.7 Å². The van der Waals surface area contributed by atoms with E-state index in [1.807, 2.05) is 20.8 Å². The SMILES string of the molecule is CC(=O)OC(C)(C)C.CCCC(CCC(C)CC)CSc1nc2c([nH]1)c(=O)n(C)c(=O)n2C. The van der Waals surface area contributed by atoms with Crippen molar-refractivity contribution >= 4 is 28.9 Å². The molecule has 1 N–H and O–H groups in total. The summed E-state index contributed by atoms with van der Waals surface area (Å²) in [5.41, 5.74) is -0.162. The lowest BCUT2D eigenvalue weighted by Crippen LogP contribution is -2.36. The average molecular weight is 483 g/mol. The molecule has 0 saturated carbocycles. The zero-order valence-electron chi connectivity index (χ0n) is 21.8. The molecule has 0 saturated heterocycles. The van der Waals surface area contributed by atoms with E-state index in [4.69, 9.17) is 4.74 Å². The molecule has 0 amide bonds. The largest absolute Gasteiger partial charge is 0.460 e. The molecule has 2 atom stereocenters. The van der Waals surface area contributed by atoms with Crippen molar-refractivity contribution in [2.45, 2.75) is 91.3 Å². The number of esters is 1. The number of rotatable bonds is 9. The first-order valence-corrected chi connectivity index (χ1v) is 12.8. The third-order valence-electron chi connectivity index (χ3n) is 5.44. The van der Waals surface area contributed by atoms with Crippen LogP contribution < -0.4 is 11.2 Å². The van der Waals surface area contributed by atoms with Gasteiger partial charge in [0.2, 0.25) is 0 Å². The third-order valence-corrected chi connectivity index (χ3v) is 6.55. The van der Waals surface area contributed by atoms with E-state index in [9.17, 15) is 14.4 Å². The van der Waals surface area contributed by atoms with E-state index >= 15 is 0 Å². The summed E-state index contributed by atoms with van der Waals surface area (Å²) in [5, 5.41) is 0.720. The predicted octanol–water partition coefficient (Wildman–Crippen LogP) is 4.64. The number of hydrogen-bond donors (Lipinski definition) is 1. The van der Waals surface area contributed by atoms with E-state index in [2.05, 4.69) is 30.7 Å². The number of carbonyl (C=O) groups excluding carboxylic acids is 1. The molecular weight excluding hydrogens is 440 g/mol. The molecule has 0 aliphatic heterocycles. The van der Waals surface area contributed by atoms with Crippen LogP contribution in [0.25, 0.3) is 11.2 Å². The minimum atomic E-state index is -0.349. The van der Waals surface area contributed by atoms with E-state index in [0.29, 0.717) is 17.1 Å². The van der Waals surface area contributed by atoms with Gasteiger partial charge in [-0.2, -0.15) is 0 Å². The molecule has 2 aromatic heterocycles. The van der Waals surface area contributed by atoms with Gasteiger partial charge in [-0.1, -0.05) is 51.8 Å². The molecule has 0 aliphatic carbocycles. The van der Waals surface area contributed by atoms with Gasteiger partial charge in [0, 0.05) is 26.8 Å². The van der Waals surface area contributed by atoms with Gasteiger partial charge >= 0.3 is 11.7 Å².